The van der Waals surface area contributed by atoms with E-state index in [0.717, 1.165) is 43.8 Å². The Labute approximate surface area is 156 Å². The number of piperazine rings is 1. The standard InChI is InChI=1S/C18H26N4O2.C2H6/c1-18(2,3)24-17(23)22-13-19-15-6-5-14(11-16(15)22)12-21-9-7-20(4)8-10-21;1-2/h5-6,11,13H,7-10,12H2,1-4H3;1-2H3. The van der Waals surface area contributed by atoms with Gasteiger partial charge in [-0.15, -0.1) is 0 Å². The van der Waals surface area contributed by atoms with Gasteiger partial charge in [-0.25, -0.2) is 14.3 Å². The summed E-state index contributed by atoms with van der Waals surface area (Å²) in [5, 5.41) is 0. The fraction of sp³-hybridized carbons (Fsp3) is 0.600. The molecular formula is C20H32N4O2. The number of benzene rings is 1. The van der Waals surface area contributed by atoms with Gasteiger partial charge in [-0.1, -0.05) is 19.9 Å². The highest BCUT2D eigenvalue weighted by Crippen LogP contribution is 2.19. The molecule has 0 spiro atoms. The van der Waals surface area contributed by atoms with Crippen molar-refractivity contribution in [2.75, 3.05) is 33.2 Å². The zero-order valence-corrected chi connectivity index (χ0v) is 17.0. The van der Waals surface area contributed by atoms with Crippen molar-refractivity contribution >= 4 is 17.1 Å². The van der Waals surface area contributed by atoms with Crippen molar-refractivity contribution in [1.29, 1.82) is 0 Å². The van der Waals surface area contributed by atoms with Gasteiger partial charge in [-0.3, -0.25) is 4.90 Å². The van der Waals surface area contributed by atoms with E-state index in [1.165, 1.54) is 10.1 Å². The van der Waals surface area contributed by atoms with E-state index in [9.17, 15) is 4.79 Å². The molecule has 6 nitrogen and oxygen atoms in total. The Kier molecular flexibility index (Phi) is 6.78. The van der Waals surface area contributed by atoms with Crippen molar-refractivity contribution in [3.05, 3.63) is 30.1 Å². The van der Waals surface area contributed by atoms with Crippen LogP contribution in [0.4, 0.5) is 4.79 Å². The lowest BCUT2D eigenvalue weighted by atomic mass is 10.1. The molecule has 144 valence electrons. The molecule has 0 amide bonds. The molecular weight excluding hydrogens is 328 g/mol. The first kappa shape index (κ1) is 20.4. The van der Waals surface area contributed by atoms with Crippen LogP contribution in [0, 0.1) is 0 Å². The molecule has 1 fully saturated rings. The second-order valence-electron chi connectivity index (χ2n) is 7.50. The van der Waals surface area contributed by atoms with Gasteiger partial charge in [0.1, 0.15) is 11.9 Å². The molecule has 26 heavy (non-hydrogen) atoms. The quantitative estimate of drug-likeness (QED) is 0.819. The number of rotatable bonds is 2. The number of fused-ring (bicyclic) bond motifs is 1. The van der Waals surface area contributed by atoms with Crippen molar-refractivity contribution in [3.8, 4) is 0 Å². The van der Waals surface area contributed by atoms with Gasteiger partial charge in [-0.05, 0) is 45.5 Å². The van der Waals surface area contributed by atoms with Crippen LogP contribution in [0.1, 0.15) is 40.2 Å². The van der Waals surface area contributed by atoms with Crippen LogP contribution in [0.5, 0.6) is 0 Å². The van der Waals surface area contributed by atoms with Crippen molar-refractivity contribution in [2.45, 2.75) is 46.8 Å². The molecule has 1 aliphatic heterocycles. The molecule has 0 radical (unpaired) electrons. The van der Waals surface area contributed by atoms with Crippen LogP contribution in [-0.2, 0) is 11.3 Å². The average molecular weight is 361 g/mol. The van der Waals surface area contributed by atoms with Crippen LogP contribution in [0.2, 0.25) is 0 Å². The topological polar surface area (TPSA) is 50.6 Å². The number of likely N-dealkylation sites (N-methyl/N-ethyl adjacent to an activating group) is 1. The second kappa shape index (κ2) is 8.64. The van der Waals surface area contributed by atoms with Gasteiger partial charge in [0.05, 0.1) is 11.0 Å². The highest BCUT2D eigenvalue weighted by atomic mass is 16.6. The Bertz CT molecular complexity index is 725. The smallest absolute Gasteiger partial charge is 0.420 e. The normalized spacial score (nSPS) is 16.2. The third kappa shape index (κ3) is 5.29. The van der Waals surface area contributed by atoms with E-state index in [1.54, 1.807) is 6.33 Å². The van der Waals surface area contributed by atoms with Crippen LogP contribution < -0.4 is 0 Å². The van der Waals surface area contributed by atoms with E-state index < -0.39 is 5.60 Å². The number of carbonyl (C=O) groups is 1. The molecule has 3 rings (SSSR count). The molecule has 1 aromatic carbocycles. The summed E-state index contributed by atoms with van der Waals surface area (Å²) in [4.78, 5) is 21.5. The maximum Gasteiger partial charge on any atom is 0.420 e. The van der Waals surface area contributed by atoms with Gasteiger partial charge in [0.25, 0.3) is 0 Å². The highest BCUT2D eigenvalue weighted by molar-refractivity contribution is 5.87. The molecule has 0 bridgehead atoms. The molecule has 0 aliphatic carbocycles. The second-order valence-corrected chi connectivity index (χ2v) is 7.50. The number of hydrogen-bond acceptors (Lipinski definition) is 5. The van der Waals surface area contributed by atoms with E-state index >= 15 is 0 Å². The lowest BCUT2D eigenvalue weighted by Gasteiger charge is -2.32. The molecule has 0 atom stereocenters. The van der Waals surface area contributed by atoms with Gasteiger partial charge in [0.2, 0.25) is 0 Å². The molecule has 6 heteroatoms. The summed E-state index contributed by atoms with van der Waals surface area (Å²) in [6.45, 7) is 14.8. The highest BCUT2D eigenvalue weighted by Gasteiger charge is 2.20. The number of hydrogen-bond donors (Lipinski definition) is 0. The van der Waals surface area contributed by atoms with Gasteiger partial charge in [0, 0.05) is 32.7 Å². The summed E-state index contributed by atoms with van der Waals surface area (Å²) >= 11 is 0. The van der Waals surface area contributed by atoms with Gasteiger partial charge in [-0.2, -0.15) is 0 Å². The maximum absolute atomic E-state index is 12.4. The Hall–Kier alpha value is -1.92. The SMILES string of the molecule is CC.CN1CCN(Cc2ccc3ncn(C(=O)OC(C)(C)C)c3c2)CC1. The molecule has 0 unspecified atom stereocenters. The fourth-order valence-corrected chi connectivity index (χ4v) is 2.87. The predicted octanol–water partition coefficient (Wildman–Crippen LogP) is 3.59. The minimum absolute atomic E-state index is 0.387. The minimum atomic E-state index is -0.523. The van der Waals surface area contributed by atoms with Gasteiger partial charge in [0.15, 0.2) is 0 Å². The number of aromatic nitrogens is 2. The van der Waals surface area contributed by atoms with E-state index in [-0.39, 0.29) is 6.09 Å². The van der Waals surface area contributed by atoms with Crippen LogP contribution in [-0.4, -0.2) is 64.3 Å². The van der Waals surface area contributed by atoms with E-state index in [2.05, 4.69) is 27.9 Å². The van der Waals surface area contributed by atoms with Crippen LogP contribution in [0.25, 0.3) is 11.0 Å². The van der Waals surface area contributed by atoms with Gasteiger partial charge >= 0.3 is 6.09 Å². The summed E-state index contributed by atoms with van der Waals surface area (Å²) in [5.41, 5.74) is 2.28. The Morgan fingerprint density at radius 1 is 1.15 bits per heavy atom. The molecule has 1 aliphatic rings. The van der Waals surface area contributed by atoms with Crippen LogP contribution >= 0.6 is 0 Å². The largest absolute Gasteiger partial charge is 0.443 e. The van der Waals surface area contributed by atoms with Crippen molar-refractivity contribution < 1.29 is 9.53 Å². The third-order valence-corrected chi connectivity index (χ3v) is 4.20. The van der Waals surface area contributed by atoms with E-state index in [0.29, 0.717) is 0 Å². The van der Waals surface area contributed by atoms with E-state index in [1.807, 2.05) is 46.8 Å². The summed E-state index contributed by atoms with van der Waals surface area (Å²) in [6.07, 6.45) is 1.15. The molecule has 1 saturated heterocycles. The summed E-state index contributed by atoms with van der Waals surface area (Å²) in [5.74, 6) is 0. The number of imidazole rings is 1. The zero-order valence-electron chi connectivity index (χ0n) is 17.0. The van der Waals surface area contributed by atoms with Crippen LogP contribution in [0.15, 0.2) is 24.5 Å². The first-order valence-corrected chi connectivity index (χ1v) is 9.42. The van der Waals surface area contributed by atoms with E-state index in [4.69, 9.17) is 4.74 Å². The van der Waals surface area contributed by atoms with Crippen molar-refractivity contribution in [1.82, 2.24) is 19.4 Å². The first-order chi connectivity index (χ1) is 12.3. The monoisotopic (exact) mass is 360 g/mol. The molecule has 2 aromatic rings. The first-order valence-electron chi connectivity index (χ1n) is 9.42. The lowest BCUT2D eigenvalue weighted by Crippen LogP contribution is -2.43. The molecule has 2 heterocycles. The maximum atomic E-state index is 12.4. The molecule has 0 saturated carbocycles. The lowest BCUT2D eigenvalue weighted by molar-refractivity contribution is 0.0543. The summed E-state index contributed by atoms with van der Waals surface area (Å²) < 4.78 is 6.95. The Balaban J connectivity index is 0.00000117. The predicted molar refractivity (Wildman–Crippen MR) is 105 cm³/mol. The van der Waals surface area contributed by atoms with Crippen molar-refractivity contribution in [2.24, 2.45) is 0 Å². The number of nitrogens with zero attached hydrogens (tertiary/aromatic N) is 4. The Morgan fingerprint density at radius 3 is 2.42 bits per heavy atom. The van der Waals surface area contributed by atoms with Crippen LogP contribution in [0.3, 0.4) is 0 Å². The molecule has 0 N–H and O–H groups in total. The average Bonchev–Trinajstić information content (AvgIpc) is 3.01. The number of ether oxygens (including phenoxy) is 1. The van der Waals surface area contributed by atoms with Gasteiger partial charge < -0.3 is 9.64 Å². The fourth-order valence-electron chi connectivity index (χ4n) is 2.87. The number of carbonyl (C=O) groups excluding carboxylic acids is 1. The Morgan fingerprint density at radius 2 is 1.81 bits per heavy atom. The zero-order chi connectivity index (χ0) is 19.3. The minimum Gasteiger partial charge on any atom is -0.443 e. The third-order valence-electron chi connectivity index (χ3n) is 4.20. The summed E-state index contributed by atoms with van der Waals surface area (Å²) in [6, 6.07) is 6.11. The van der Waals surface area contributed by atoms with Crippen molar-refractivity contribution in [3.63, 3.8) is 0 Å². The summed E-state index contributed by atoms with van der Waals surface area (Å²) in [7, 11) is 2.16. The molecule has 1 aromatic heterocycles.